The van der Waals surface area contributed by atoms with Crippen molar-refractivity contribution in [3.8, 4) is 5.75 Å². The highest BCUT2D eigenvalue weighted by Crippen LogP contribution is 2.32. The van der Waals surface area contributed by atoms with Crippen LogP contribution in [0.4, 0.5) is 5.69 Å². The largest absolute Gasteiger partial charge is 0.484 e. The zero-order chi connectivity index (χ0) is 15.2. The lowest BCUT2D eigenvalue weighted by Gasteiger charge is -2.12. The molecule has 0 radical (unpaired) electrons. The van der Waals surface area contributed by atoms with Crippen molar-refractivity contribution in [2.75, 3.05) is 12.0 Å². The molecule has 1 amide bonds. The third kappa shape index (κ3) is 4.70. The third-order valence-electron chi connectivity index (χ3n) is 2.45. The first-order valence-corrected chi connectivity index (χ1v) is 7.07. The number of hydrogen-bond donors (Lipinski definition) is 2. The highest BCUT2D eigenvalue weighted by atomic mass is 35.5. The van der Waals surface area contributed by atoms with E-state index in [0.717, 1.165) is 0 Å². The number of amides is 1. The van der Waals surface area contributed by atoms with E-state index in [0.29, 0.717) is 26.5 Å². The number of nitrogens with one attached hydrogen (secondary N) is 2. The average molecular weight is 346 g/mol. The SMILES string of the molecule is O=C(COc1ccccc1)NNc1c(Cl)cc(Cl)cc1Cl. The molecule has 21 heavy (non-hydrogen) atoms. The molecule has 0 aliphatic carbocycles. The first kappa shape index (κ1) is 15.8. The Balaban J connectivity index is 1.87. The zero-order valence-corrected chi connectivity index (χ0v) is 13.0. The maximum atomic E-state index is 11.7. The van der Waals surface area contributed by atoms with Crippen LogP contribution in [-0.4, -0.2) is 12.5 Å². The van der Waals surface area contributed by atoms with Gasteiger partial charge in [0.2, 0.25) is 0 Å². The lowest BCUT2D eigenvalue weighted by atomic mass is 10.3. The standard InChI is InChI=1S/C14H11Cl3N2O2/c15-9-6-11(16)14(12(17)7-9)19-18-13(20)8-21-10-4-2-1-3-5-10/h1-7,19H,8H2,(H,18,20). The summed E-state index contributed by atoms with van der Waals surface area (Å²) in [6, 6.07) is 12.0. The van der Waals surface area contributed by atoms with E-state index in [2.05, 4.69) is 10.9 Å². The van der Waals surface area contributed by atoms with Gasteiger partial charge in [0.1, 0.15) is 5.75 Å². The summed E-state index contributed by atoms with van der Waals surface area (Å²) >= 11 is 17.8. The lowest BCUT2D eigenvalue weighted by molar-refractivity contribution is -0.122. The second-order valence-electron chi connectivity index (χ2n) is 4.02. The molecule has 4 nitrogen and oxygen atoms in total. The van der Waals surface area contributed by atoms with E-state index in [9.17, 15) is 4.79 Å². The minimum Gasteiger partial charge on any atom is -0.484 e. The molecule has 0 aromatic heterocycles. The van der Waals surface area contributed by atoms with Crippen LogP contribution in [0.5, 0.6) is 5.75 Å². The number of anilines is 1. The fourth-order valence-electron chi connectivity index (χ4n) is 1.50. The van der Waals surface area contributed by atoms with Crippen molar-refractivity contribution in [2.45, 2.75) is 0 Å². The molecule has 0 fully saturated rings. The number of para-hydroxylation sites is 1. The molecule has 2 aromatic carbocycles. The van der Waals surface area contributed by atoms with Crippen molar-refractivity contribution in [3.05, 3.63) is 57.5 Å². The maximum absolute atomic E-state index is 11.7. The zero-order valence-electron chi connectivity index (χ0n) is 10.7. The Hall–Kier alpha value is -1.62. The van der Waals surface area contributed by atoms with Crippen LogP contribution in [0.3, 0.4) is 0 Å². The number of rotatable bonds is 5. The van der Waals surface area contributed by atoms with E-state index in [1.54, 1.807) is 12.1 Å². The normalized spacial score (nSPS) is 10.0. The molecule has 0 heterocycles. The van der Waals surface area contributed by atoms with Gasteiger partial charge in [-0.25, -0.2) is 0 Å². The number of carbonyl (C=O) groups is 1. The first-order chi connectivity index (χ1) is 10.1. The molecule has 0 saturated heterocycles. The molecule has 0 atom stereocenters. The highest BCUT2D eigenvalue weighted by molar-refractivity contribution is 6.41. The molecular weight excluding hydrogens is 335 g/mol. The molecule has 2 rings (SSSR count). The lowest BCUT2D eigenvalue weighted by Crippen LogP contribution is -2.33. The molecule has 2 N–H and O–H groups in total. The van der Waals surface area contributed by atoms with Crippen LogP contribution < -0.4 is 15.6 Å². The van der Waals surface area contributed by atoms with Crippen molar-refractivity contribution in [1.29, 1.82) is 0 Å². The number of carbonyl (C=O) groups excluding carboxylic acids is 1. The molecule has 0 bridgehead atoms. The van der Waals surface area contributed by atoms with Crippen molar-refractivity contribution in [1.82, 2.24) is 5.43 Å². The fourth-order valence-corrected chi connectivity index (χ4v) is 2.41. The van der Waals surface area contributed by atoms with E-state index in [1.807, 2.05) is 18.2 Å². The summed E-state index contributed by atoms with van der Waals surface area (Å²) < 4.78 is 5.30. The predicted octanol–water partition coefficient (Wildman–Crippen LogP) is 4.17. The third-order valence-corrected chi connectivity index (χ3v) is 3.26. The molecule has 2 aromatic rings. The summed E-state index contributed by atoms with van der Waals surface area (Å²) in [5, 5.41) is 1.02. The molecule has 110 valence electrons. The number of hydrogen-bond acceptors (Lipinski definition) is 3. The van der Waals surface area contributed by atoms with E-state index < -0.39 is 0 Å². The van der Waals surface area contributed by atoms with Gasteiger partial charge < -0.3 is 4.74 Å². The first-order valence-electron chi connectivity index (χ1n) is 5.93. The summed E-state index contributed by atoms with van der Waals surface area (Å²) in [4.78, 5) is 11.7. The van der Waals surface area contributed by atoms with Gasteiger partial charge in [-0.3, -0.25) is 15.6 Å². The van der Waals surface area contributed by atoms with Gasteiger partial charge in [0, 0.05) is 5.02 Å². The molecule has 0 unspecified atom stereocenters. The van der Waals surface area contributed by atoms with Gasteiger partial charge in [0.25, 0.3) is 5.91 Å². The van der Waals surface area contributed by atoms with Crippen molar-refractivity contribution < 1.29 is 9.53 Å². The monoisotopic (exact) mass is 344 g/mol. The average Bonchev–Trinajstić information content (AvgIpc) is 2.45. The van der Waals surface area contributed by atoms with Crippen LogP contribution in [0, 0.1) is 0 Å². The minimum absolute atomic E-state index is 0.139. The Morgan fingerprint density at radius 2 is 1.67 bits per heavy atom. The van der Waals surface area contributed by atoms with Gasteiger partial charge in [-0.2, -0.15) is 0 Å². The summed E-state index contributed by atoms with van der Waals surface area (Å²) in [6.45, 7) is -0.139. The highest BCUT2D eigenvalue weighted by Gasteiger charge is 2.09. The Bertz CT molecular complexity index is 612. The second-order valence-corrected chi connectivity index (χ2v) is 5.27. The van der Waals surface area contributed by atoms with Crippen molar-refractivity contribution in [3.63, 3.8) is 0 Å². The van der Waals surface area contributed by atoms with Crippen LogP contribution in [-0.2, 0) is 4.79 Å². The minimum atomic E-state index is -0.374. The van der Waals surface area contributed by atoms with Gasteiger partial charge in [0.15, 0.2) is 6.61 Å². The van der Waals surface area contributed by atoms with Crippen molar-refractivity contribution in [2.24, 2.45) is 0 Å². The Labute approximate surface area is 136 Å². The molecule has 7 heteroatoms. The van der Waals surface area contributed by atoms with Crippen LogP contribution >= 0.6 is 34.8 Å². The van der Waals surface area contributed by atoms with Gasteiger partial charge >= 0.3 is 0 Å². The summed E-state index contributed by atoms with van der Waals surface area (Å²) in [6.07, 6.45) is 0. The quantitative estimate of drug-likeness (QED) is 0.800. The number of ether oxygens (including phenoxy) is 1. The predicted molar refractivity (Wildman–Crippen MR) is 85.2 cm³/mol. The van der Waals surface area contributed by atoms with Crippen LogP contribution in [0.25, 0.3) is 0 Å². The van der Waals surface area contributed by atoms with E-state index >= 15 is 0 Å². The van der Waals surface area contributed by atoms with Gasteiger partial charge in [-0.1, -0.05) is 53.0 Å². The maximum Gasteiger partial charge on any atom is 0.276 e. The summed E-state index contributed by atoms with van der Waals surface area (Å²) in [5.41, 5.74) is 5.46. The van der Waals surface area contributed by atoms with Crippen LogP contribution in [0.1, 0.15) is 0 Å². The molecule has 0 saturated carbocycles. The smallest absolute Gasteiger partial charge is 0.276 e. The van der Waals surface area contributed by atoms with Crippen LogP contribution in [0.15, 0.2) is 42.5 Å². The van der Waals surface area contributed by atoms with Gasteiger partial charge in [-0.05, 0) is 24.3 Å². The second kappa shape index (κ2) is 7.41. The fraction of sp³-hybridized carbons (Fsp3) is 0.0714. The van der Waals surface area contributed by atoms with E-state index in [-0.39, 0.29) is 12.5 Å². The van der Waals surface area contributed by atoms with Crippen LogP contribution in [0.2, 0.25) is 15.1 Å². The Morgan fingerprint density at radius 1 is 1.05 bits per heavy atom. The summed E-state index contributed by atoms with van der Waals surface area (Å²) in [7, 11) is 0. The van der Waals surface area contributed by atoms with Crippen molar-refractivity contribution >= 4 is 46.4 Å². The molecule has 0 aliphatic rings. The molecular formula is C14H11Cl3N2O2. The number of benzene rings is 2. The van der Waals surface area contributed by atoms with Gasteiger partial charge in [0.05, 0.1) is 15.7 Å². The Kier molecular flexibility index (Phi) is 5.56. The topological polar surface area (TPSA) is 50.4 Å². The van der Waals surface area contributed by atoms with Gasteiger partial charge in [-0.15, -0.1) is 0 Å². The molecule has 0 spiro atoms. The van der Waals surface area contributed by atoms with E-state index in [1.165, 1.54) is 12.1 Å². The number of halogens is 3. The summed E-state index contributed by atoms with van der Waals surface area (Å²) in [5.74, 6) is 0.233. The Morgan fingerprint density at radius 3 is 2.29 bits per heavy atom. The molecule has 0 aliphatic heterocycles. The number of hydrazine groups is 1. The van der Waals surface area contributed by atoms with E-state index in [4.69, 9.17) is 39.5 Å².